The number of hydrogen-bond donors (Lipinski definition) is 1. The Morgan fingerprint density at radius 2 is 2.44 bits per heavy atom. The summed E-state index contributed by atoms with van der Waals surface area (Å²) in [6.07, 6.45) is 4.22. The molecule has 0 bridgehead atoms. The van der Waals surface area contributed by atoms with Crippen molar-refractivity contribution >= 4 is 5.91 Å². The molecule has 0 aromatic carbocycles. The van der Waals surface area contributed by atoms with Crippen LogP contribution in [-0.2, 0) is 0 Å². The molecule has 1 aromatic rings. The highest BCUT2D eigenvalue weighted by molar-refractivity contribution is 5.90. The van der Waals surface area contributed by atoms with Gasteiger partial charge in [0, 0.05) is 12.4 Å². The number of rotatable bonds is 1. The van der Waals surface area contributed by atoms with Crippen molar-refractivity contribution in [3.8, 4) is 0 Å². The zero-order chi connectivity index (χ0) is 6.69. The van der Waals surface area contributed by atoms with Gasteiger partial charge in [-0.25, -0.2) is 4.98 Å². The third-order valence-corrected chi connectivity index (χ3v) is 0.816. The van der Waals surface area contributed by atoms with Gasteiger partial charge in [-0.2, -0.15) is 0 Å². The predicted octanol–water partition coefficient (Wildman–Crippen LogP) is -0.312. The first-order valence-electron chi connectivity index (χ1n) is 2.36. The molecule has 1 rings (SSSR count). The van der Waals surface area contributed by atoms with E-state index in [2.05, 4.69) is 9.97 Å². The largest absolute Gasteiger partial charge is 1.00 e. The zero-order valence-electron chi connectivity index (χ0n) is 5.61. The molecule has 0 saturated carbocycles. The normalized spacial score (nSPS) is 8.89. The molecule has 1 amide bonds. The Balaban J connectivity index is 0.000000810. The molecule has 4 nitrogen and oxygen atoms in total. The monoisotopic (exact) mass is 124 g/mol. The van der Waals surface area contributed by atoms with Crippen LogP contribution in [0.2, 0.25) is 0 Å². The Hall–Kier alpha value is -1.45. The fraction of sp³-hybridized carbons (Fsp3) is 0. The summed E-state index contributed by atoms with van der Waals surface area (Å²) in [4.78, 5) is 17.6. The second-order valence-corrected chi connectivity index (χ2v) is 1.45. The summed E-state index contributed by atoms with van der Waals surface area (Å²) < 4.78 is 0. The molecule has 0 saturated heterocycles. The molecule has 46 valence electrons. The van der Waals surface area contributed by atoms with Gasteiger partial charge in [0.2, 0.25) is 0 Å². The highest BCUT2D eigenvalue weighted by Gasteiger charge is 1.97. The van der Waals surface area contributed by atoms with Crippen molar-refractivity contribution in [2.24, 2.45) is 5.73 Å². The van der Waals surface area contributed by atoms with Crippen LogP contribution < -0.4 is 5.73 Å². The lowest BCUT2D eigenvalue weighted by molar-refractivity contribution is 0.0995. The Morgan fingerprint density at radius 1 is 1.67 bits per heavy atom. The van der Waals surface area contributed by atoms with E-state index < -0.39 is 5.91 Å². The highest BCUT2D eigenvalue weighted by Crippen LogP contribution is 1.84. The lowest BCUT2D eigenvalue weighted by Crippen LogP contribution is -2.12. The average Bonchev–Trinajstić information content (AvgIpc) is 1.90. The van der Waals surface area contributed by atoms with Gasteiger partial charge in [0.1, 0.15) is 5.69 Å². The fourth-order valence-electron chi connectivity index (χ4n) is 0.426. The van der Waals surface area contributed by atoms with E-state index in [0.29, 0.717) is 0 Å². The number of amides is 1. The second kappa shape index (κ2) is 2.21. The predicted molar refractivity (Wildman–Crippen MR) is 31.7 cm³/mol. The number of carbonyl (C=O) groups excluding carboxylic acids is 1. The van der Waals surface area contributed by atoms with E-state index >= 15 is 0 Å². The van der Waals surface area contributed by atoms with Crippen LogP contribution in [0, 0.1) is 0 Å². The molecule has 4 heteroatoms. The summed E-state index contributed by atoms with van der Waals surface area (Å²) in [5, 5.41) is 0. The molecule has 0 radical (unpaired) electrons. The number of nitrogens with zero attached hydrogens (tertiary/aromatic N) is 2. The second-order valence-electron chi connectivity index (χ2n) is 1.45. The van der Waals surface area contributed by atoms with Crippen molar-refractivity contribution in [3.63, 3.8) is 0 Å². The van der Waals surface area contributed by atoms with Crippen LogP contribution in [0.3, 0.4) is 0 Å². The first kappa shape index (κ1) is 5.68. The summed E-state index contributed by atoms with van der Waals surface area (Å²) in [5.74, 6) is -0.553. The van der Waals surface area contributed by atoms with Gasteiger partial charge < -0.3 is 5.73 Å². The van der Waals surface area contributed by atoms with Crippen LogP contribution in [0.5, 0.6) is 0 Å². The molecule has 1 aromatic heterocycles. The SMILES string of the molecule is NC(=O)c1cnccn1.[H+]. The average molecular weight is 124 g/mol. The standard InChI is InChI=1S/C5H5N3O/c6-5(9)4-3-7-1-2-8-4/h1-3H,(H2,6,9)/p+1. The maximum atomic E-state index is 10.3. The van der Waals surface area contributed by atoms with E-state index in [1.165, 1.54) is 18.6 Å². The number of primary amides is 1. The highest BCUT2D eigenvalue weighted by atomic mass is 16.1. The van der Waals surface area contributed by atoms with Crippen molar-refractivity contribution in [1.29, 1.82) is 0 Å². The molecule has 0 atom stereocenters. The summed E-state index contributed by atoms with van der Waals surface area (Å²) in [5.41, 5.74) is 5.06. The van der Waals surface area contributed by atoms with Crippen LogP contribution in [-0.4, -0.2) is 15.9 Å². The quantitative estimate of drug-likeness (QED) is 0.558. The van der Waals surface area contributed by atoms with Crippen molar-refractivity contribution < 1.29 is 6.22 Å². The minimum atomic E-state index is -0.553. The van der Waals surface area contributed by atoms with Crippen LogP contribution in [0.1, 0.15) is 11.9 Å². The molecule has 0 fully saturated rings. The van der Waals surface area contributed by atoms with Gasteiger partial charge in [-0.1, -0.05) is 0 Å². The Bertz CT molecular complexity index is 213. The molecular formula is C5H6N3O+. The van der Waals surface area contributed by atoms with Gasteiger partial charge in [-0.05, 0) is 0 Å². The van der Waals surface area contributed by atoms with E-state index in [-0.39, 0.29) is 7.12 Å². The van der Waals surface area contributed by atoms with Crippen LogP contribution in [0.25, 0.3) is 0 Å². The molecule has 9 heavy (non-hydrogen) atoms. The van der Waals surface area contributed by atoms with Crippen LogP contribution in [0.15, 0.2) is 18.6 Å². The van der Waals surface area contributed by atoms with E-state index in [1.807, 2.05) is 0 Å². The molecule has 1 heterocycles. The molecule has 0 spiro atoms. The van der Waals surface area contributed by atoms with E-state index in [1.54, 1.807) is 0 Å². The van der Waals surface area contributed by atoms with Gasteiger partial charge in [-0.3, -0.25) is 9.78 Å². The Kier molecular flexibility index (Phi) is 1.40. The van der Waals surface area contributed by atoms with Crippen LogP contribution in [0.4, 0.5) is 0 Å². The maximum absolute atomic E-state index is 10.3. The topological polar surface area (TPSA) is 68.9 Å². The third kappa shape index (κ3) is 1.22. The van der Waals surface area contributed by atoms with Crippen molar-refractivity contribution in [3.05, 3.63) is 24.3 Å². The first-order valence-corrected chi connectivity index (χ1v) is 2.36. The smallest absolute Gasteiger partial charge is 0.364 e. The van der Waals surface area contributed by atoms with E-state index in [4.69, 9.17) is 5.73 Å². The van der Waals surface area contributed by atoms with Crippen molar-refractivity contribution in [2.75, 3.05) is 0 Å². The molecule has 0 unspecified atom stereocenters. The first-order chi connectivity index (χ1) is 4.30. The van der Waals surface area contributed by atoms with E-state index in [9.17, 15) is 4.79 Å². The van der Waals surface area contributed by atoms with Gasteiger partial charge in [0.05, 0.1) is 6.20 Å². The maximum Gasteiger partial charge on any atom is 1.00 e. The fourth-order valence-corrected chi connectivity index (χ4v) is 0.426. The van der Waals surface area contributed by atoms with Gasteiger partial charge in [0.25, 0.3) is 5.91 Å². The minimum absolute atomic E-state index is 0. The van der Waals surface area contributed by atoms with Crippen LogP contribution >= 0.6 is 0 Å². The molecule has 0 aliphatic heterocycles. The summed E-state index contributed by atoms with van der Waals surface area (Å²) in [6.45, 7) is 0. The van der Waals surface area contributed by atoms with Gasteiger partial charge in [-0.15, -0.1) is 0 Å². The number of aromatic nitrogens is 2. The van der Waals surface area contributed by atoms with E-state index in [0.717, 1.165) is 0 Å². The number of nitrogens with two attached hydrogens (primary N) is 1. The van der Waals surface area contributed by atoms with Gasteiger partial charge in [0.15, 0.2) is 0 Å². The third-order valence-electron chi connectivity index (χ3n) is 0.816. The zero-order valence-corrected chi connectivity index (χ0v) is 4.61. The number of carbonyl (C=O) groups is 1. The summed E-state index contributed by atoms with van der Waals surface area (Å²) in [7, 11) is 0. The van der Waals surface area contributed by atoms with Crippen molar-refractivity contribution in [1.82, 2.24) is 9.97 Å². The molecule has 2 N–H and O–H groups in total. The lowest BCUT2D eigenvalue weighted by atomic mass is 10.4. The minimum Gasteiger partial charge on any atom is -0.364 e. The Labute approximate surface area is 53.2 Å². The Morgan fingerprint density at radius 3 is 2.78 bits per heavy atom. The van der Waals surface area contributed by atoms with Gasteiger partial charge >= 0.3 is 1.43 Å². The molecule has 0 aliphatic rings. The molecule has 0 aliphatic carbocycles. The molecular weight excluding hydrogens is 118 g/mol. The van der Waals surface area contributed by atoms with Crippen molar-refractivity contribution in [2.45, 2.75) is 0 Å². The summed E-state index contributed by atoms with van der Waals surface area (Å²) in [6, 6.07) is 0. The summed E-state index contributed by atoms with van der Waals surface area (Å²) >= 11 is 0. The lowest BCUT2D eigenvalue weighted by Gasteiger charge is -1.87. The number of hydrogen-bond acceptors (Lipinski definition) is 3.